The predicted molar refractivity (Wildman–Crippen MR) is 131 cm³/mol. The number of carbonyl (C=O) groups is 2. The van der Waals surface area contributed by atoms with Crippen LogP contribution in [0, 0.1) is 0 Å². The van der Waals surface area contributed by atoms with Crippen LogP contribution in [0.3, 0.4) is 0 Å². The van der Waals surface area contributed by atoms with E-state index in [1.54, 1.807) is 6.20 Å². The molecule has 9 nitrogen and oxygen atoms in total. The molecule has 1 aromatic heterocycles. The molecule has 182 valence electrons. The highest BCUT2D eigenvalue weighted by molar-refractivity contribution is 5.95. The molecular weight excluding hydrogens is 448 g/mol. The number of amides is 2. The molecule has 1 aliphatic rings. The van der Waals surface area contributed by atoms with Crippen molar-refractivity contribution in [2.45, 2.75) is 19.5 Å². The lowest BCUT2D eigenvalue weighted by molar-refractivity contribution is -0.120. The molecule has 1 aliphatic heterocycles. The quantitative estimate of drug-likeness (QED) is 0.487. The monoisotopic (exact) mass is 476 g/mol. The second kappa shape index (κ2) is 10.8. The van der Waals surface area contributed by atoms with Crippen molar-refractivity contribution in [1.29, 1.82) is 0 Å². The maximum absolute atomic E-state index is 12.8. The largest absolute Gasteiger partial charge is 0.493 e. The van der Waals surface area contributed by atoms with Gasteiger partial charge >= 0.3 is 0 Å². The molecule has 9 heteroatoms. The Kier molecular flexibility index (Phi) is 7.35. The number of methoxy groups -OCH3 is 2. The highest BCUT2D eigenvalue weighted by Gasteiger charge is 2.19. The summed E-state index contributed by atoms with van der Waals surface area (Å²) in [7, 11) is 2.86. The van der Waals surface area contributed by atoms with E-state index in [0.29, 0.717) is 12.1 Å². The third kappa shape index (κ3) is 5.63. The molecule has 35 heavy (non-hydrogen) atoms. The zero-order valence-corrected chi connectivity index (χ0v) is 19.7. The molecule has 0 spiro atoms. The fraction of sp³-hybridized carbons (Fsp3) is 0.269. The number of hydrogen-bond donors (Lipinski definition) is 2. The molecule has 4 rings (SSSR count). The van der Waals surface area contributed by atoms with Crippen molar-refractivity contribution in [3.05, 3.63) is 77.0 Å². The predicted octanol–water partition coefficient (Wildman–Crippen LogP) is 2.46. The van der Waals surface area contributed by atoms with Gasteiger partial charge in [-0.2, -0.15) is 0 Å². The Hall–Kier alpha value is -4.27. The first-order valence-corrected chi connectivity index (χ1v) is 11.2. The Balaban J connectivity index is 1.40. The SMILES string of the molecule is COc1cc(C(=O)NCc2ccc(N3CCc4ccccc4C3)nc2)cc(OC)c1OCC(N)=O. The Labute approximate surface area is 203 Å². The average molecular weight is 477 g/mol. The molecule has 2 heterocycles. The molecule has 2 aromatic carbocycles. The van der Waals surface area contributed by atoms with Crippen LogP contribution in [0.2, 0.25) is 0 Å². The average Bonchev–Trinajstić information content (AvgIpc) is 2.89. The summed E-state index contributed by atoms with van der Waals surface area (Å²) in [6, 6.07) is 15.5. The summed E-state index contributed by atoms with van der Waals surface area (Å²) in [5.41, 5.74) is 9.07. The number of hydrogen-bond acceptors (Lipinski definition) is 7. The minimum absolute atomic E-state index is 0.200. The lowest BCUT2D eigenvalue weighted by atomic mass is 10.00. The van der Waals surface area contributed by atoms with Gasteiger partial charge in [-0.15, -0.1) is 0 Å². The lowest BCUT2D eigenvalue weighted by Gasteiger charge is -2.29. The maximum Gasteiger partial charge on any atom is 0.255 e. The Morgan fingerprint density at radius 2 is 1.77 bits per heavy atom. The highest BCUT2D eigenvalue weighted by atomic mass is 16.5. The fourth-order valence-corrected chi connectivity index (χ4v) is 3.98. The van der Waals surface area contributed by atoms with E-state index in [9.17, 15) is 9.59 Å². The minimum atomic E-state index is -0.638. The van der Waals surface area contributed by atoms with Crippen LogP contribution in [0.15, 0.2) is 54.7 Å². The van der Waals surface area contributed by atoms with Crippen LogP contribution in [-0.4, -0.2) is 44.2 Å². The number of benzene rings is 2. The molecule has 3 aromatic rings. The van der Waals surface area contributed by atoms with Gasteiger partial charge in [-0.25, -0.2) is 4.98 Å². The summed E-state index contributed by atoms with van der Waals surface area (Å²) in [6.45, 7) is 1.72. The van der Waals surface area contributed by atoms with Gasteiger partial charge in [0.15, 0.2) is 18.1 Å². The van der Waals surface area contributed by atoms with Crippen molar-refractivity contribution in [1.82, 2.24) is 10.3 Å². The lowest BCUT2D eigenvalue weighted by Crippen LogP contribution is -2.31. The minimum Gasteiger partial charge on any atom is -0.493 e. The maximum atomic E-state index is 12.8. The van der Waals surface area contributed by atoms with Gasteiger partial charge in [-0.05, 0) is 41.3 Å². The van der Waals surface area contributed by atoms with E-state index < -0.39 is 5.91 Å². The van der Waals surface area contributed by atoms with Crippen molar-refractivity contribution in [3.63, 3.8) is 0 Å². The molecule has 2 amide bonds. The topological polar surface area (TPSA) is 116 Å². The van der Waals surface area contributed by atoms with Gasteiger partial charge in [0.2, 0.25) is 5.75 Å². The van der Waals surface area contributed by atoms with Crippen molar-refractivity contribution in [3.8, 4) is 17.2 Å². The van der Waals surface area contributed by atoms with Crippen LogP contribution >= 0.6 is 0 Å². The normalized spacial score (nSPS) is 12.5. The van der Waals surface area contributed by atoms with E-state index in [2.05, 4.69) is 39.5 Å². The highest BCUT2D eigenvalue weighted by Crippen LogP contribution is 2.38. The Morgan fingerprint density at radius 3 is 2.40 bits per heavy atom. The molecule has 3 N–H and O–H groups in total. The molecule has 0 atom stereocenters. The van der Waals surface area contributed by atoms with Gasteiger partial charge in [0.05, 0.1) is 14.2 Å². The second-order valence-electron chi connectivity index (χ2n) is 8.11. The molecule has 0 radical (unpaired) electrons. The summed E-state index contributed by atoms with van der Waals surface area (Å²) in [6.07, 6.45) is 2.77. The number of rotatable bonds is 9. The van der Waals surface area contributed by atoms with Crippen molar-refractivity contribution >= 4 is 17.6 Å². The molecule has 0 fully saturated rings. The van der Waals surface area contributed by atoms with Crippen molar-refractivity contribution in [2.75, 3.05) is 32.3 Å². The summed E-state index contributed by atoms with van der Waals surface area (Å²) >= 11 is 0. The number of carbonyl (C=O) groups excluding carboxylic acids is 2. The van der Waals surface area contributed by atoms with Gasteiger partial charge in [0.1, 0.15) is 5.82 Å². The van der Waals surface area contributed by atoms with E-state index in [1.165, 1.54) is 37.5 Å². The number of nitrogens with one attached hydrogen (secondary N) is 1. The number of anilines is 1. The van der Waals surface area contributed by atoms with E-state index in [-0.39, 0.29) is 29.8 Å². The van der Waals surface area contributed by atoms with E-state index in [0.717, 1.165) is 30.9 Å². The molecule has 0 saturated carbocycles. The van der Waals surface area contributed by atoms with Crippen LogP contribution in [0.25, 0.3) is 0 Å². The van der Waals surface area contributed by atoms with Crippen LogP contribution in [0.5, 0.6) is 17.2 Å². The summed E-state index contributed by atoms with van der Waals surface area (Å²) in [5.74, 6) is 0.663. The van der Waals surface area contributed by atoms with Gasteiger partial charge in [0.25, 0.3) is 11.8 Å². The number of nitrogens with two attached hydrogens (primary N) is 1. The third-order valence-corrected chi connectivity index (χ3v) is 5.80. The van der Waals surface area contributed by atoms with Gasteiger partial charge < -0.3 is 30.2 Å². The Bertz CT molecular complexity index is 1190. The fourth-order valence-electron chi connectivity index (χ4n) is 3.98. The van der Waals surface area contributed by atoms with Crippen LogP contribution in [-0.2, 0) is 24.3 Å². The number of pyridine rings is 1. The second-order valence-corrected chi connectivity index (χ2v) is 8.11. The van der Waals surface area contributed by atoms with Crippen LogP contribution < -0.4 is 30.2 Å². The van der Waals surface area contributed by atoms with Gasteiger partial charge in [-0.3, -0.25) is 9.59 Å². The van der Waals surface area contributed by atoms with Crippen molar-refractivity contribution < 1.29 is 23.8 Å². The summed E-state index contributed by atoms with van der Waals surface area (Å²) in [5, 5.41) is 2.88. The standard InChI is InChI=1S/C26H28N4O5/c1-33-21-11-20(12-22(34-2)25(21)35-16-23(27)31)26(32)29-14-17-7-8-24(28-13-17)30-10-9-18-5-3-4-6-19(18)15-30/h3-8,11-13H,9-10,14-16H2,1-2H3,(H2,27,31)(H,29,32). The zero-order chi connectivity index (χ0) is 24.8. The van der Waals surface area contributed by atoms with Crippen molar-refractivity contribution in [2.24, 2.45) is 5.73 Å². The molecule has 0 unspecified atom stereocenters. The van der Waals surface area contributed by atoms with Crippen LogP contribution in [0.4, 0.5) is 5.82 Å². The number of primary amides is 1. The van der Waals surface area contributed by atoms with Gasteiger partial charge in [-0.1, -0.05) is 30.3 Å². The first kappa shape index (κ1) is 23.9. The summed E-state index contributed by atoms with van der Waals surface area (Å²) in [4.78, 5) is 30.7. The molecular formula is C26H28N4O5. The van der Waals surface area contributed by atoms with E-state index >= 15 is 0 Å². The first-order chi connectivity index (χ1) is 17.0. The number of nitrogens with zero attached hydrogens (tertiary/aromatic N) is 2. The third-order valence-electron chi connectivity index (χ3n) is 5.80. The smallest absolute Gasteiger partial charge is 0.255 e. The summed E-state index contributed by atoms with van der Waals surface area (Å²) < 4.78 is 16.0. The molecule has 0 saturated heterocycles. The first-order valence-electron chi connectivity index (χ1n) is 11.2. The zero-order valence-electron chi connectivity index (χ0n) is 19.7. The molecule has 0 bridgehead atoms. The number of fused-ring (bicyclic) bond motifs is 1. The number of aromatic nitrogens is 1. The Morgan fingerprint density at radius 1 is 1.06 bits per heavy atom. The van der Waals surface area contributed by atoms with E-state index in [1.807, 2.05) is 12.1 Å². The molecule has 0 aliphatic carbocycles. The number of ether oxygens (including phenoxy) is 3. The van der Waals surface area contributed by atoms with Crippen LogP contribution in [0.1, 0.15) is 27.0 Å². The van der Waals surface area contributed by atoms with Gasteiger partial charge in [0, 0.05) is 31.4 Å². The van der Waals surface area contributed by atoms with E-state index in [4.69, 9.17) is 19.9 Å².